The van der Waals surface area contributed by atoms with Crippen molar-refractivity contribution >= 4 is 11.7 Å². The molecule has 0 spiro atoms. The first kappa shape index (κ1) is 10.3. The Labute approximate surface area is 81.6 Å². The number of hydrogen-bond donors (Lipinski definition) is 1. The number of carbonyl (C=O) groups is 2. The largest absolute Gasteiger partial charge is 0.344 e. The van der Waals surface area contributed by atoms with Crippen molar-refractivity contribution < 1.29 is 9.59 Å². The number of carbonyl (C=O) groups excluding carboxylic acids is 2. The van der Waals surface area contributed by atoms with E-state index in [1.54, 1.807) is 6.92 Å². The van der Waals surface area contributed by atoms with Crippen LogP contribution in [0.2, 0.25) is 0 Å². The van der Waals surface area contributed by atoms with Crippen LogP contribution in [0.3, 0.4) is 0 Å². The highest BCUT2D eigenvalue weighted by Gasteiger charge is 2.06. The molecule has 0 bridgehead atoms. The molecule has 0 aromatic carbocycles. The van der Waals surface area contributed by atoms with E-state index in [0.29, 0.717) is 0 Å². The Bertz CT molecular complexity index is 346. The third-order valence-electron chi connectivity index (χ3n) is 1.51. The smallest absolute Gasteiger partial charge is 0.271 e. The van der Waals surface area contributed by atoms with E-state index in [-0.39, 0.29) is 23.9 Å². The number of nitrogens with zero attached hydrogens (tertiary/aromatic N) is 2. The van der Waals surface area contributed by atoms with E-state index in [0.717, 1.165) is 5.69 Å². The molecule has 0 aliphatic heterocycles. The van der Waals surface area contributed by atoms with Gasteiger partial charge < -0.3 is 5.32 Å². The fraction of sp³-hybridized carbons (Fsp3) is 0.333. The van der Waals surface area contributed by atoms with Gasteiger partial charge in [-0.15, -0.1) is 0 Å². The Morgan fingerprint density at radius 3 is 2.57 bits per heavy atom. The lowest BCUT2D eigenvalue weighted by molar-refractivity contribution is -0.116. The zero-order valence-electron chi connectivity index (χ0n) is 8.07. The van der Waals surface area contributed by atoms with Gasteiger partial charge in [0, 0.05) is 6.20 Å². The number of Topliss-reactive ketones (excluding diaryl/α,β-unsaturated/α-hetero) is 1. The molecule has 1 N–H and O–H groups in total. The molecule has 1 aromatic heterocycles. The van der Waals surface area contributed by atoms with Crippen molar-refractivity contribution in [3.05, 3.63) is 23.8 Å². The Kier molecular flexibility index (Phi) is 3.28. The van der Waals surface area contributed by atoms with E-state index in [9.17, 15) is 9.59 Å². The normalized spacial score (nSPS) is 9.57. The first-order chi connectivity index (χ1) is 6.59. The Hall–Kier alpha value is -1.78. The second-order valence-electron chi connectivity index (χ2n) is 2.93. The maximum Gasteiger partial charge on any atom is 0.271 e. The van der Waals surface area contributed by atoms with Crippen LogP contribution in [0.5, 0.6) is 0 Å². The summed E-state index contributed by atoms with van der Waals surface area (Å²) in [5, 5.41) is 2.43. The first-order valence-corrected chi connectivity index (χ1v) is 4.16. The van der Waals surface area contributed by atoms with Crippen molar-refractivity contribution in [3.63, 3.8) is 0 Å². The number of hydrogen-bond acceptors (Lipinski definition) is 4. The molecule has 1 aromatic rings. The van der Waals surface area contributed by atoms with Gasteiger partial charge in [0.2, 0.25) is 0 Å². The summed E-state index contributed by atoms with van der Waals surface area (Å²) in [7, 11) is 0. The summed E-state index contributed by atoms with van der Waals surface area (Å²) in [5.41, 5.74) is 0.963. The molecule has 5 heteroatoms. The van der Waals surface area contributed by atoms with Crippen molar-refractivity contribution in [3.8, 4) is 0 Å². The van der Waals surface area contributed by atoms with Crippen LogP contribution in [-0.4, -0.2) is 28.2 Å². The summed E-state index contributed by atoms with van der Waals surface area (Å²) in [6, 6.07) is 0. The van der Waals surface area contributed by atoms with Gasteiger partial charge in [-0.3, -0.25) is 14.6 Å². The number of aryl methyl sites for hydroxylation is 1. The lowest BCUT2D eigenvalue weighted by atomic mass is 10.3. The summed E-state index contributed by atoms with van der Waals surface area (Å²) in [6.45, 7) is 3.21. The van der Waals surface area contributed by atoms with Crippen LogP contribution in [0, 0.1) is 6.92 Å². The second-order valence-corrected chi connectivity index (χ2v) is 2.93. The molecule has 1 rings (SSSR count). The van der Waals surface area contributed by atoms with E-state index >= 15 is 0 Å². The fourth-order valence-electron chi connectivity index (χ4n) is 0.805. The molecule has 0 radical (unpaired) electrons. The molecule has 5 nitrogen and oxygen atoms in total. The molecule has 1 amide bonds. The van der Waals surface area contributed by atoms with Crippen molar-refractivity contribution in [1.29, 1.82) is 0 Å². The summed E-state index contributed by atoms with van der Waals surface area (Å²) >= 11 is 0. The lowest BCUT2D eigenvalue weighted by Crippen LogP contribution is -2.29. The molecule has 14 heavy (non-hydrogen) atoms. The maximum absolute atomic E-state index is 11.3. The van der Waals surface area contributed by atoms with Gasteiger partial charge in [-0.05, 0) is 13.8 Å². The van der Waals surface area contributed by atoms with Crippen molar-refractivity contribution in [2.45, 2.75) is 13.8 Å². The minimum atomic E-state index is -0.382. The monoisotopic (exact) mass is 193 g/mol. The Morgan fingerprint density at radius 1 is 1.36 bits per heavy atom. The summed E-state index contributed by atoms with van der Waals surface area (Å²) < 4.78 is 0. The summed E-state index contributed by atoms with van der Waals surface area (Å²) in [5.74, 6) is -0.480. The third-order valence-corrected chi connectivity index (χ3v) is 1.51. The first-order valence-electron chi connectivity index (χ1n) is 4.16. The second kappa shape index (κ2) is 4.45. The SMILES string of the molecule is CC(=O)CNC(=O)c1cnc(C)cn1. The van der Waals surface area contributed by atoms with Crippen LogP contribution in [0.15, 0.2) is 12.4 Å². The predicted octanol–water partition coefficient (Wildman–Crippen LogP) is 0.104. The molecule has 1 heterocycles. The number of aromatic nitrogens is 2. The Balaban J connectivity index is 2.61. The minimum Gasteiger partial charge on any atom is -0.344 e. The van der Waals surface area contributed by atoms with Gasteiger partial charge in [-0.2, -0.15) is 0 Å². The summed E-state index contributed by atoms with van der Waals surface area (Å²) in [4.78, 5) is 29.7. The molecule has 0 saturated carbocycles. The fourth-order valence-corrected chi connectivity index (χ4v) is 0.805. The highest BCUT2D eigenvalue weighted by molar-refractivity contribution is 5.94. The molecule has 0 aliphatic rings. The zero-order chi connectivity index (χ0) is 10.6. The average Bonchev–Trinajstić information content (AvgIpc) is 2.15. The van der Waals surface area contributed by atoms with Crippen molar-refractivity contribution in [2.75, 3.05) is 6.54 Å². The quantitative estimate of drug-likeness (QED) is 0.739. The van der Waals surface area contributed by atoms with E-state index in [1.165, 1.54) is 19.3 Å². The van der Waals surface area contributed by atoms with Gasteiger partial charge in [0.05, 0.1) is 18.4 Å². The van der Waals surface area contributed by atoms with Gasteiger partial charge in [0.25, 0.3) is 5.91 Å². The van der Waals surface area contributed by atoms with Crippen LogP contribution in [-0.2, 0) is 4.79 Å². The summed E-state index contributed by atoms with van der Waals surface area (Å²) in [6.07, 6.45) is 2.88. The van der Waals surface area contributed by atoms with Gasteiger partial charge in [0.1, 0.15) is 11.5 Å². The third kappa shape index (κ3) is 2.93. The maximum atomic E-state index is 11.3. The van der Waals surface area contributed by atoms with Crippen LogP contribution in [0.4, 0.5) is 0 Å². The molecule has 0 saturated heterocycles. The lowest BCUT2D eigenvalue weighted by Gasteiger charge is -2.01. The topological polar surface area (TPSA) is 72.0 Å². The van der Waals surface area contributed by atoms with Crippen molar-refractivity contribution in [2.24, 2.45) is 0 Å². The number of rotatable bonds is 3. The van der Waals surface area contributed by atoms with Crippen molar-refractivity contribution in [1.82, 2.24) is 15.3 Å². The molecule has 0 fully saturated rings. The van der Waals surface area contributed by atoms with Gasteiger partial charge in [-0.25, -0.2) is 4.98 Å². The molecule has 0 atom stereocenters. The predicted molar refractivity (Wildman–Crippen MR) is 49.8 cm³/mol. The van der Waals surface area contributed by atoms with E-state index in [4.69, 9.17) is 0 Å². The van der Waals surface area contributed by atoms with Crippen LogP contribution in [0.25, 0.3) is 0 Å². The van der Waals surface area contributed by atoms with E-state index < -0.39 is 0 Å². The Morgan fingerprint density at radius 2 is 2.07 bits per heavy atom. The molecule has 0 unspecified atom stereocenters. The van der Waals surface area contributed by atoms with Gasteiger partial charge in [0.15, 0.2) is 0 Å². The highest BCUT2D eigenvalue weighted by atomic mass is 16.2. The van der Waals surface area contributed by atoms with Gasteiger partial charge in [-0.1, -0.05) is 0 Å². The highest BCUT2D eigenvalue weighted by Crippen LogP contribution is 1.93. The molecule has 74 valence electrons. The number of amides is 1. The van der Waals surface area contributed by atoms with Gasteiger partial charge >= 0.3 is 0 Å². The average molecular weight is 193 g/mol. The van der Waals surface area contributed by atoms with Crippen LogP contribution < -0.4 is 5.32 Å². The number of ketones is 1. The van der Waals surface area contributed by atoms with Crippen LogP contribution >= 0.6 is 0 Å². The van der Waals surface area contributed by atoms with Crippen LogP contribution in [0.1, 0.15) is 23.1 Å². The van der Waals surface area contributed by atoms with E-state index in [1.807, 2.05) is 0 Å². The molecule has 0 aliphatic carbocycles. The molecular weight excluding hydrogens is 182 g/mol. The number of nitrogens with one attached hydrogen (secondary N) is 1. The molecular formula is C9H11N3O2. The minimum absolute atomic E-state index is 0.0222. The van der Waals surface area contributed by atoms with E-state index in [2.05, 4.69) is 15.3 Å². The standard InChI is InChI=1S/C9H11N3O2/c1-6-3-11-8(5-10-6)9(14)12-4-7(2)13/h3,5H,4H2,1-2H3,(H,12,14). The zero-order valence-corrected chi connectivity index (χ0v) is 8.07.